The summed E-state index contributed by atoms with van der Waals surface area (Å²) >= 11 is 6.49. The number of nitrogens with one attached hydrogen (secondary N) is 2. The second-order valence-electron chi connectivity index (χ2n) is 7.36. The van der Waals surface area contributed by atoms with Crippen molar-refractivity contribution in [1.82, 2.24) is 9.97 Å². The normalized spacial score (nSPS) is 12.2. The first-order valence-corrected chi connectivity index (χ1v) is 11.6. The molecule has 0 fully saturated rings. The molecule has 33 heavy (non-hydrogen) atoms. The lowest BCUT2D eigenvalue weighted by atomic mass is 10.1. The number of aromatic amines is 1. The third-order valence-electron chi connectivity index (χ3n) is 5.25. The molecule has 0 aliphatic rings. The van der Waals surface area contributed by atoms with E-state index in [9.17, 15) is 15.2 Å². The number of nitro benzene ring substituents is 1. The van der Waals surface area contributed by atoms with Crippen LogP contribution in [-0.2, 0) is 0 Å². The van der Waals surface area contributed by atoms with Crippen molar-refractivity contribution in [3.63, 3.8) is 0 Å². The zero-order chi connectivity index (χ0) is 23.1. The van der Waals surface area contributed by atoms with E-state index in [1.54, 1.807) is 18.2 Å². The third kappa shape index (κ3) is 3.90. The van der Waals surface area contributed by atoms with Crippen molar-refractivity contribution in [1.29, 1.82) is 0 Å². The van der Waals surface area contributed by atoms with E-state index in [1.165, 1.54) is 12.1 Å². The summed E-state index contributed by atoms with van der Waals surface area (Å²) in [6.45, 7) is 0. The Bertz CT molecular complexity index is 1580. The minimum absolute atomic E-state index is 0.00620. The Hall–Kier alpha value is -3.88. The number of anilines is 1. The van der Waals surface area contributed by atoms with E-state index < -0.39 is 15.6 Å². The van der Waals surface area contributed by atoms with Gasteiger partial charge in [-0.05, 0) is 36.4 Å². The monoisotopic (exact) mass is 476 g/mol. The van der Waals surface area contributed by atoms with Gasteiger partial charge in [-0.2, -0.15) is 0 Å². The van der Waals surface area contributed by atoms with Crippen LogP contribution in [0, 0.1) is 10.1 Å². The first-order valence-electron chi connectivity index (χ1n) is 9.86. The molecule has 0 aliphatic carbocycles. The van der Waals surface area contributed by atoms with Gasteiger partial charge in [0.05, 0.1) is 26.7 Å². The predicted octanol–water partition coefficient (Wildman–Crippen LogP) is 6.74. The highest BCUT2D eigenvalue weighted by Crippen LogP contribution is 2.40. The van der Waals surface area contributed by atoms with Crippen LogP contribution in [0.15, 0.2) is 77.7 Å². The summed E-state index contributed by atoms with van der Waals surface area (Å²) in [5.74, 6) is 4.12. The Kier molecular flexibility index (Phi) is 5.24. The van der Waals surface area contributed by atoms with Gasteiger partial charge < -0.3 is 14.8 Å². The van der Waals surface area contributed by atoms with Gasteiger partial charge in [0.1, 0.15) is 0 Å². The molecule has 3 aromatic carbocycles. The second kappa shape index (κ2) is 8.23. The molecule has 0 saturated carbocycles. The van der Waals surface area contributed by atoms with Gasteiger partial charge in [-0.1, -0.05) is 52.4 Å². The maximum atomic E-state index is 11.1. The number of hydrogen-bond donors (Lipinski definition) is 3. The van der Waals surface area contributed by atoms with Gasteiger partial charge in [-0.25, -0.2) is 4.98 Å². The van der Waals surface area contributed by atoms with Crippen LogP contribution in [0.5, 0.6) is 5.88 Å². The van der Waals surface area contributed by atoms with Crippen molar-refractivity contribution >= 4 is 61.3 Å². The molecule has 2 heterocycles. The van der Waals surface area contributed by atoms with Crippen LogP contribution in [0.1, 0.15) is 0 Å². The lowest BCUT2D eigenvalue weighted by Crippen LogP contribution is -1.93. The highest BCUT2D eigenvalue weighted by molar-refractivity contribution is 8.15. The number of para-hydroxylation sites is 1. The Morgan fingerprint density at radius 3 is 2.70 bits per heavy atom. The highest BCUT2D eigenvalue weighted by atomic mass is 35.5. The average Bonchev–Trinajstić information content (AvgIpc) is 3.14. The van der Waals surface area contributed by atoms with E-state index in [4.69, 9.17) is 16.6 Å². The lowest BCUT2D eigenvalue weighted by molar-refractivity contribution is -0.385. The molecule has 9 heteroatoms. The van der Waals surface area contributed by atoms with Crippen LogP contribution in [-0.4, -0.2) is 25.9 Å². The Morgan fingerprint density at radius 1 is 1.06 bits per heavy atom. The second-order valence-corrected chi connectivity index (χ2v) is 9.23. The summed E-state index contributed by atoms with van der Waals surface area (Å²) in [6.07, 6.45) is 0. The van der Waals surface area contributed by atoms with Crippen LogP contribution < -0.4 is 4.72 Å². The van der Waals surface area contributed by atoms with E-state index >= 15 is 0 Å². The number of H-pyrrole nitrogens is 1. The maximum Gasteiger partial charge on any atom is 0.270 e. The molecule has 0 spiro atoms. The Morgan fingerprint density at radius 2 is 1.88 bits per heavy atom. The fourth-order valence-electron chi connectivity index (χ4n) is 3.71. The first-order chi connectivity index (χ1) is 15.9. The molecular formula is C24H17ClN4O3S. The molecular weight excluding hydrogens is 460 g/mol. The Balaban J connectivity index is 1.55. The molecule has 7 nitrogen and oxygen atoms in total. The molecule has 1 atom stereocenters. The van der Waals surface area contributed by atoms with Crippen molar-refractivity contribution in [3.8, 4) is 17.1 Å². The summed E-state index contributed by atoms with van der Waals surface area (Å²) < 4.78 is 3.30. The first kappa shape index (κ1) is 21.0. The largest absolute Gasteiger partial charge is 0.494 e. The number of fused-ring (bicyclic) bond motifs is 2. The summed E-state index contributed by atoms with van der Waals surface area (Å²) in [5.41, 5.74) is 3.32. The number of hydrogen-bond acceptors (Lipinski definition) is 5. The number of aromatic nitrogens is 2. The summed E-state index contributed by atoms with van der Waals surface area (Å²) in [4.78, 5) is 19.0. The predicted molar refractivity (Wildman–Crippen MR) is 135 cm³/mol. The Labute approximate surface area is 195 Å². The number of nitrogens with zero attached hydrogens (tertiary/aromatic N) is 2. The van der Waals surface area contributed by atoms with Gasteiger partial charge in [0.25, 0.3) is 5.69 Å². The number of rotatable bonds is 5. The van der Waals surface area contributed by atoms with Gasteiger partial charge in [0.2, 0.25) is 0 Å². The van der Waals surface area contributed by atoms with E-state index in [2.05, 4.69) is 15.6 Å². The minimum Gasteiger partial charge on any atom is -0.494 e. The molecule has 5 rings (SSSR count). The number of nitro groups is 1. The van der Waals surface area contributed by atoms with E-state index in [0.717, 1.165) is 27.5 Å². The molecule has 0 aliphatic heterocycles. The van der Waals surface area contributed by atoms with Gasteiger partial charge in [0.15, 0.2) is 5.88 Å². The quantitative estimate of drug-likeness (QED) is 0.148. The molecule has 0 radical (unpaired) electrons. The molecule has 3 N–H and O–H groups in total. The molecule has 1 unspecified atom stereocenters. The maximum absolute atomic E-state index is 11.1. The third-order valence-corrected chi connectivity index (χ3v) is 6.87. The molecule has 0 amide bonds. The van der Waals surface area contributed by atoms with Gasteiger partial charge in [-0.15, -0.1) is 0 Å². The fourth-order valence-corrected chi connectivity index (χ4v) is 5.01. The van der Waals surface area contributed by atoms with Crippen LogP contribution in [0.4, 0.5) is 11.4 Å². The summed E-state index contributed by atoms with van der Waals surface area (Å²) in [6, 6.07) is 21.3. The zero-order valence-electron chi connectivity index (χ0n) is 17.1. The van der Waals surface area contributed by atoms with Crippen molar-refractivity contribution in [2.24, 2.45) is 0 Å². The van der Waals surface area contributed by atoms with Gasteiger partial charge in [-0.3, -0.25) is 10.1 Å². The fraction of sp³-hybridized carbons (Fsp3) is 0. The summed E-state index contributed by atoms with van der Waals surface area (Å²) in [7, 11) is -0.735. The van der Waals surface area contributed by atoms with Gasteiger partial charge >= 0.3 is 0 Å². The SMILES string of the molecule is C=S(Nc1ccc2[nH]c(O)c(-c3cc(Cl)c4ccccc4n3)c2c1)c1cccc([N+](=O)[O-])c1. The number of non-ortho nitro benzene ring substituents is 1. The summed E-state index contributed by atoms with van der Waals surface area (Å²) in [5, 5.41) is 23.9. The molecule has 5 aromatic rings. The van der Waals surface area contributed by atoms with E-state index in [1.807, 2.05) is 42.5 Å². The molecule has 2 aromatic heterocycles. The molecule has 164 valence electrons. The van der Waals surface area contributed by atoms with Crippen LogP contribution in [0.3, 0.4) is 0 Å². The van der Waals surface area contributed by atoms with Crippen molar-refractivity contribution < 1.29 is 10.0 Å². The van der Waals surface area contributed by atoms with Gasteiger partial charge in [0, 0.05) is 39.0 Å². The number of pyridine rings is 1. The number of aromatic hydroxyl groups is 1. The van der Waals surface area contributed by atoms with E-state index in [0.29, 0.717) is 21.2 Å². The lowest BCUT2D eigenvalue weighted by Gasteiger charge is -2.12. The molecule has 0 bridgehead atoms. The van der Waals surface area contributed by atoms with Crippen LogP contribution in [0.25, 0.3) is 33.1 Å². The number of halogens is 1. The standard InChI is InChI=1S/C24H17ClN4O3S/c1-33(16-6-4-5-15(12-16)29(31)32)28-14-9-10-21-18(11-14)23(24(30)27-21)22-13-19(25)17-7-2-3-8-20(17)26-22/h2-13,27-28,30H,1H2. The molecule has 0 saturated heterocycles. The van der Waals surface area contributed by atoms with Crippen molar-refractivity contribution in [3.05, 3.63) is 87.9 Å². The smallest absolute Gasteiger partial charge is 0.270 e. The van der Waals surface area contributed by atoms with E-state index in [-0.39, 0.29) is 11.6 Å². The average molecular weight is 477 g/mol. The minimum atomic E-state index is -0.735. The van der Waals surface area contributed by atoms with Crippen LogP contribution in [0.2, 0.25) is 5.02 Å². The number of benzene rings is 3. The highest BCUT2D eigenvalue weighted by Gasteiger charge is 2.17. The van der Waals surface area contributed by atoms with Crippen molar-refractivity contribution in [2.45, 2.75) is 4.90 Å². The van der Waals surface area contributed by atoms with Crippen LogP contribution >= 0.6 is 22.3 Å². The topological polar surface area (TPSA) is 104 Å². The van der Waals surface area contributed by atoms with Crippen molar-refractivity contribution in [2.75, 3.05) is 4.72 Å². The zero-order valence-corrected chi connectivity index (χ0v) is 18.7.